The lowest BCUT2D eigenvalue weighted by Gasteiger charge is -2.20. The van der Waals surface area contributed by atoms with Crippen LogP contribution in [-0.2, 0) is 9.53 Å². The van der Waals surface area contributed by atoms with E-state index in [-0.39, 0.29) is 17.9 Å². The molecular formula is C14H23N3O2S. The Morgan fingerprint density at radius 1 is 1.55 bits per heavy atom. The topological polar surface area (TPSA) is 63.2 Å². The normalized spacial score (nSPS) is 17.9. The first-order chi connectivity index (χ1) is 9.70. The Bertz CT molecular complexity index is 430. The fourth-order valence-corrected chi connectivity index (χ4v) is 2.98. The third-order valence-corrected chi connectivity index (χ3v) is 4.26. The van der Waals surface area contributed by atoms with Crippen LogP contribution in [0.15, 0.2) is 5.38 Å². The summed E-state index contributed by atoms with van der Waals surface area (Å²) in [5.74, 6) is 0.134. The number of carbonyl (C=O) groups is 1. The number of ether oxygens (including phenoxy) is 1. The molecule has 112 valence electrons. The molecule has 0 spiro atoms. The van der Waals surface area contributed by atoms with Gasteiger partial charge in [0.25, 0.3) is 0 Å². The van der Waals surface area contributed by atoms with Crippen LogP contribution >= 0.6 is 11.3 Å². The minimum Gasteiger partial charge on any atom is -0.381 e. The van der Waals surface area contributed by atoms with Crippen molar-refractivity contribution in [1.29, 1.82) is 0 Å². The SMILES string of the molecule is CCCNC(C)c1csc(NC(=O)C2CCOCC2)n1. The molecule has 1 unspecified atom stereocenters. The van der Waals surface area contributed by atoms with E-state index >= 15 is 0 Å². The Balaban J connectivity index is 1.86. The summed E-state index contributed by atoms with van der Waals surface area (Å²) in [6, 6.07) is 0.222. The van der Waals surface area contributed by atoms with Crippen molar-refractivity contribution in [2.45, 2.75) is 39.2 Å². The molecule has 1 saturated heterocycles. The molecule has 1 aliphatic heterocycles. The molecule has 20 heavy (non-hydrogen) atoms. The van der Waals surface area contributed by atoms with Gasteiger partial charge in [0.15, 0.2) is 5.13 Å². The third kappa shape index (κ3) is 4.26. The van der Waals surface area contributed by atoms with Gasteiger partial charge in [0, 0.05) is 30.6 Å². The molecule has 0 aromatic carbocycles. The molecule has 2 N–H and O–H groups in total. The number of hydrogen-bond donors (Lipinski definition) is 2. The van der Waals surface area contributed by atoms with Crippen LogP contribution < -0.4 is 10.6 Å². The standard InChI is InChI=1S/C14H23N3O2S/c1-3-6-15-10(2)12-9-20-14(16-12)17-13(18)11-4-7-19-8-5-11/h9-11,15H,3-8H2,1-2H3,(H,16,17,18). The summed E-state index contributed by atoms with van der Waals surface area (Å²) in [7, 11) is 0. The number of hydrogen-bond acceptors (Lipinski definition) is 5. The third-order valence-electron chi connectivity index (χ3n) is 3.49. The summed E-state index contributed by atoms with van der Waals surface area (Å²) in [5, 5.41) is 9.02. The summed E-state index contributed by atoms with van der Waals surface area (Å²) < 4.78 is 5.27. The predicted octanol–water partition coefficient (Wildman–Crippen LogP) is 2.57. The molecule has 1 amide bonds. The molecule has 1 aromatic heterocycles. The van der Waals surface area contributed by atoms with Crippen molar-refractivity contribution in [1.82, 2.24) is 10.3 Å². The number of amides is 1. The smallest absolute Gasteiger partial charge is 0.229 e. The van der Waals surface area contributed by atoms with Gasteiger partial charge < -0.3 is 15.4 Å². The molecule has 1 atom stereocenters. The van der Waals surface area contributed by atoms with Gasteiger partial charge in [0.1, 0.15) is 0 Å². The van der Waals surface area contributed by atoms with Crippen molar-refractivity contribution in [3.8, 4) is 0 Å². The molecule has 1 aromatic rings. The van der Waals surface area contributed by atoms with Crippen LogP contribution in [0.3, 0.4) is 0 Å². The van der Waals surface area contributed by atoms with E-state index in [2.05, 4.69) is 29.5 Å². The molecule has 2 heterocycles. The molecule has 1 aliphatic rings. The Morgan fingerprint density at radius 3 is 3.00 bits per heavy atom. The van der Waals surface area contributed by atoms with Crippen molar-refractivity contribution >= 4 is 22.4 Å². The lowest BCUT2D eigenvalue weighted by atomic mass is 10.00. The van der Waals surface area contributed by atoms with E-state index < -0.39 is 0 Å². The maximum Gasteiger partial charge on any atom is 0.229 e. The second-order valence-corrected chi connectivity index (χ2v) is 5.99. The van der Waals surface area contributed by atoms with Crippen molar-refractivity contribution in [3.63, 3.8) is 0 Å². The predicted molar refractivity (Wildman–Crippen MR) is 81.0 cm³/mol. The van der Waals surface area contributed by atoms with Gasteiger partial charge in [0.2, 0.25) is 5.91 Å². The van der Waals surface area contributed by atoms with E-state index in [1.54, 1.807) is 0 Å². The van der Waals surface area contributed by atoms with Crippen LogP contribution in [0.4, 0.5) is 5.13 Å². The van der Waals surface area contributed by atoms with Crippen LogP contribution in [0.5, 0.6) is 0 Å². The van der Waals surface area contributed by atoms with Crippen molar-refractivity contribution in [2.24, 2.45) is 5.92 Å². The highest BCUT2D eigenvalue weighted by molar-refractivity contribution is 7.13. The fraction of sp³-hybridized carbons (Fsp3) is 0.714. The van der Waals surface area contributed by atoms with E-state index in [1.807, 2.05) is 5.38 Å². The van der Waals surface area contributed by atoms with E-state index in [0.29, 0.717) is 18.3 Å². The zero-order chi connectivity index (χ0) is 14.4. The molecular weight excluding hydrogens is 274 g/mol. The van der Waals surface area contributed by atoms with E-state index in [4.69, 9.17) is 4.74 Å². The zero-order valence-corrected chi connectivity index (χ0v) is 13.0. The summed E-state index contributed by atoms with van der Waals surface area (Å²) in [5.41, 5.74) is 0.991. The summed E-state index contributed by atoms with van der Waals surface area (Å²) >= 11 is 1.49. The van der Waals surface area contributed by atoms with Crippen LogP contribution in [0, 0.1) is 5.92 Å². The minimum absolute atomic E-state index is 0.0618. The maximum absolute atomic E-state index is 12.1. The molecule has 0 aliphatic carbocycles. The number of carbonyl (C=O) groups excluding carboxylic acids is 1. The second-order valence-electron chi connectivity index (χ2n) is 5.13. The molecule has 6 heteroatoms. The lowest BCUT2D eigenvalue weighted by molar-refractivity contribution is -0.122. The largest absolute Gasteiger partial charge is 0.381 e. The molecule has 0 saturated carbocycles. The molecule has 2 rings (SSSR count). The molecule has 0 bridgehead atoms. The summed E-state index contributed by atoms with van der Waals surface area (Å²) in [4.78, 5) is 16.6. The first kappa shape index (κ1) is 15.4. The van der Waals surface area contributed by atoms with E-state index in [0.717, 1.165) is 31.5 Å². The van der Waals surface area contributed by atoms with Gasteiger partial charge in [-0.25, -0.2) is 4.98 Å². The highest BCUT2D eigenvalue weighted by Crippen LogP contribution is 2.23. The summed E-state index contributed by atoms with van der Waals surface area (Å²) in [6.45, 7) is 6.57. The molecule has 0 radical (unpaired) electrons. The Morgan fingerprint density at radius 2 is 2.30 bits per heavy atom. The number of nitrogens with one attached hydrogen (secondary N) is 2. The van der Waals surface area contributed by atoms with Crippen molar-refractivity contribution in [3.05, 3.63) is 11.1 Å². The average molecular weight is 297 g/mol. The van der Waals surface area contributed by atoms with Crippen LogP contribution in [0.2, 0.25) is 0 Å². The number of thiazole rings is 1. The average Bonchev–Trinajstić information content (AvgIpc) is 2.94. The number of aromatic nitrogens is 1. The fourth-order valence-electron chi connectivity index (χ4n) is 2.18. The lowest BCUT2D eigenvalue weighted by Crippen LogP contribution is -2.28. The van der Waals surface area contributed by atoms with Crippen LogP contribution in [0.25, 0.3) is 0 Å². The quantitative estimate of drug-likeness (QED) is 0.847. The molecule has 5 nitrogen and oxygen atoms in total. The summed E-state index contributed by atoms with van der Waals surface area (Å²) in [6.07, 6.45) is 2.71. The van der Waals surface area contributed by atoms with E-state index in [9.17, 15) is 4.79 Å². The first-order valence-electron chi connectivity index (χ1n) is 7.28. The van der Waals surface area contributed by atoms with Gasteiger partial charge in [-0.3, -0.25) is 4.79 Å². The van der Waals surface area contributed by atoms with Crippen LogP contribution in [-0.4, -0.2) is 30.6 Å². The Hall–Kier alpha value is -0.980. The Labute approximate surface area is 124 Å². The van der Waals surface area contributed by atoms with Crippen molar-refractivity contribution in [2.75, 3.05) is 25.1 Å². The highest BCUT2D eigenvalue weighted by Gasteiger charge is 2.22. The van der Waals surface area contributed by atoms with Gasteiger partial charge in [-0.05, 0) is 32.7 Å². The monoisotopic (exact) mass is 297 g/mol. The van der Waals surface area contributed by atoms with Crippen LogP contribution in [0.1, 0.15) is 44.8 Å². The number of rotatable bonds is 6. The maximum atomic E-state index is 12.1. The number of anilines is 1. The number of nitrogens with zero attached hydrogens (tertiary/aromatic N) is 1. The highest BCUT2D eigenvalue weighted by atomic mass is 32.1. The van der Waals surface area contributed by atoms with Gasteiger partial charge in [-0.1, -0.05) is 6.92 Å². The molecule has 1 fully saturated rings. The zero-order valence-electron chi connectivity index (χ0n) is 12.1. The van der Waals surface area contributed by atoms with Gasteiger partial charge in [-0.15, -0.1) is 11.3 Å². The van der Waals surface area contributed by atoms with E-state index in [1.165, 1.54) is 11.3 Å². The van der Waals surface area contributed by atoms with Gasteiger partial charge in [-0.2, -0.15) is 0 Å². The second kappa shape index (κ2) is 7.71. The van der Waals surface area contributed by atoms with Gasteiger partial charge >= 0.3 is 0 Å². The van der Waals surface area contributed by atoms with Gasteiger partial charge in [0.05, 0.1) is 5.69 Å². The minimum atomic E-state index is 0.0618. The Kier molecular flexibility index (Phi) is 5.94. The van der Waals surface area contributed by atoms with Crippen molar-refractivity contribution < 1.29 is 9.53 Å². The first-order valence-corrected chi connectivity index (χ1v) is 8.16.